The van der Waals surface area contributed by atoms with E-state index < -0.39 is 0 Å². The molecule has 0 fully saturated rings. The Bertz CT molecular complexity index is 552. The SMILES string of the molecule is C=Cc1ccc2c(=O)n(C)ccc2c1. The standard InChI is InChI=1S/C12H11NO/c1-3-9-4-5-11-10(8-9)6-7-13(2)12(11)14/h3-8H,1H2,2H3. The van der Waals surface area contributed by atoms with Crippen LogP contribution >= 0.6 is 0 Å². The molecule has 0 atom stereocenters. The van der Waals surface area contributed by atoms with Crippen molar-refractivity contribution in [3.8, 4) is 0 Å². The lowest BCUT2D eigenvalue weighted by Gasteiger charge is -2.01. The predicted octanol–water partition coefficient (Wildman–Crippen LogP) is 2.18. The molecular weight excluding hydrogens is 174 g/mol. The Labute approximate surface area is 82.1 Å². The molecule has 0 bridgehead atoms. The van der Waals surface area contributed by atoms with E-state index in [2.05, 4.69) is 6.58 Å². The zero-order valence-electron chi connectivity index (χ0n) is 8.03. The summed E-state index contributed by atoms with van der Waals surface area (Å²) in [4.78, 5) is 11.7. The molecule has 0 aliphatic heterocycles. The number of pyridine rings is 1. The van der Waals surface area contributed by atoms with E-state index in [9.17, 15) is 4.79 Å². The molecule has 0 radical (unpaired) electrons. The third kappa shape index (κ3) is 1.25. The van der Waals surface area contributed by atoms with Gasteiger partial charge in [-0.05, 0) is 29.1 Å². The molecule has 1 heterocycles. The van der Waals surface area contributed by atoms with Gasteiger partial charge in [-0.3, -0.25) is 4.79 Å². The predicted molar refractivity (Wildman–Crippen MR) is 59.3 cm³/mol. The highest BCUT2D eigenvalue weighted by Crippen LogP contribution is 2.12. The number of aromatic nitrogens is 1. The van der Waals surface area contributed by atoms with E-state index in [4.69, 9.17) is 0 Å². The minimum absolute atomic E-state index is 0.0399. The molecule has 14 heavy (non-hydrogen) atoms. The normalized spacial score (nSPS) is 10.4. The Balaban J connectivity index is 2.88. The van der Waals surface area contributed by atoms with Gasteiger partial charge in [0.2, 0.25) is 0 Å². The smallest absolute Gasteiger partial charge is 0.258 e. The average molecular weight is 185 g/mol. The molecule has 1 aromatic carbocycles. The third-order valence-corrected chi connectivity index (χ3v) is 2.34. The molecule has 0 aliphatic rings. The molecular formula is C12H11NO. The summed E-state index contributed by atoms with van der Waals surface area (Å²) < 4.78 is 1.58. The van der Waals surface area contributed by atoms with Crippen molar-refractivity contribution in [3.63, 3.8) is 0 Å². The lowest BCUT2D eigenvalue weighted by atomic mass is 10.1. The molecule has 2 rings (SSSR count). The van der Waals surface area contributed by atoms with Gasteiger partial charge < -0.3 is 4.57 Å². The van der Waals surface area contributed by atoms with Crippen LogP contribution in [0.2, 0.25) is 0 Å². The number of benzene rings is 1. The van der Waals surface area contributed by atoms with Gasteiger partial charge in [-0.1, -0.05) is 18.7 Å². The highest BCUT2D eigenvalue weighted by atomic mass is 16.1. The Morgan fingerprint density at radius 1 is 1.36 bits per heavy atom. The Morgan fingerprint density at radius 3 is 2.86 bits per heavy atom. The van der Waals surface area contributed by atoms with Crippen molar-refractivity contribution in [1.29, 1.82) is 0 Å². The summed E-state index contributed by atoms with van der Waals surface area (Å²) in [5, 5.41) is 1.71. The van der Waals surface area contributed by atoms with Crippen molar-refractivity contribution >= 4 is 16.8 Å². The van der Waals surface area contributed by atoms with Gasteiger partial charge in [-0.2, -0.15) is 0 Å². The zero-order chi connectivity index (χ0) is 10.1. The summed E-state index contributed by atoms with van der Waals surface area (Å²) in [7, 11) is 1.75. The van der Waals surface area contributed by atoms with Crippen LogP contribution in [-0.2, 0) is 7.05 Å². The lowest BCUT2D eigenvalue weighted by molar-refractivity contribution is 0.873. The third-order valence-electron chi connectivity index (χ3n) is 2.34. The van der Waals surface area contributed by atoms with Gasteiger partial charge >= 0.3 is 0 Å². The molecule has 0 spiro atoms. The van der Waals surface area contributed by atoms with E-state index in [-0.39, 0.29) is 5.56 Å². The molecule has 2 nitrogen and oxygen atoms in total. The van der Waals surface area contributed by atoms with E-state index in [0.717, 1.165) is 16.3 Å². The maximum Gasteiger partial charge on any atom is 0.258 e. The van der Waals surface area contributed by atoms with Crippen molar-refractivity contribution in [1.82, 2.24) is 4.57 Å². The Hall–Kier alpha value is -1.83. The maximum absolute atomic E-state index is 11.7. The average Bonchev–Trinajstić information content (AvgIpc) is 2.23. The lowest BCUT2D eigenvalue weighted by Crippen LogP contribution is -2.15. The van der Waals surface area contributed by atoms with E-state index >= 15 is 0 Å². The second kappa shape index (κ2) is 3.14. The Kier molecular flexibility index (Phi) is 1.97. The second-order valence-corrected chi connectivity index (χ2v) is 3.28. The first kappa shape index (κ1) is 8.75. The highest BCUT2D eigenvalue weighted by Gasteiger charge is 1.99. The van der Waals surface area contributed by atoms with Crippen molar-refractivity contribution in [3.05, 3.63) is 53.0 Å². The minimum Gasteiger partial charge on any atom is -0.318 e. The molecule has 0 amide bonds. The van der Waals surface area contributed by atoms with Gasteiger partial charge in [0.05, 0.1) is 0 Å². The molecule has 0 saturated heterocycles. The van der Waals surface area contributed by atoms with Crippen LogP contribution in [0.3, 0.4) is 0 Å². The van der Waals surface area contributed by atoms with Gasteiger partial charge in [0.1, 0.15) is 0 Å². The monoisotopic (exact) mass is 185 g/mol. The number of nitrogens with zero attached hydrogens (tertiary/aromatic N) is 1. The summed E-state index contributed by atoms with van der Waals surface area (Å²) in [5.74, 6) is 0. The van der Waals surface area contributed by atoms with Crippen LogP contribution in [0.5, 0.6) is 0 Å². The van der Waals surface area contributed by atoms with Gasteiger partial charge in [0.15, 0.2) is 0 Å². The molecule has 1 aromatic heterocycles. The first-order valence-corrected chi connectivity index (χ1v) is 4.44. The summed E-state index contributed by atoms with van der Waals surface area (Å²) in [6, 6.07) is 7.64. The van der Waals surface area contributed by atoms with Crippen LogP contribution in [0.25, 0.3) is 16.8 Å². The van der Waals surface area contributed by atoms with Crippen molar-refractivity contribution < 1.29 is 0 Å². The van der Waals surface area contributed by atoms with Crippen LogP contribution in [0, 0.1) is 0 Å². The van der Waals surface area contributed by atoms with E-state index in [1.165, 1.54) is 0 Å². The van der Waals surface area contributed by atoms with Gasteiger partial charge in [0, 0.05) is 18.6 Å². The zero-order valence-corrected chi connectivity index (χ0v) is 8.03. The summed E-state index contributed by atoms with van der Waals surface area (Å²) in [6.07, 6.45) is 3.55. The molecule has 2 heteroatoms. The van der Waals surface area contributed by atoms with Crippen molar-refractivity contribution in [2.75, 3.05) is 0 Å². The largest absolute Gasteiger partial charge is 0.318 e. The summed E-state index contributed by atoms with van der Waals surface area (Å²) in [5.41, 5.74) is 1.07. The highest BCUT2D eigenvalue weighted by molar-refractivity contribution is 5.83. The van der Waals surface area contributed by atoms with Crippen LogP contribution in [0.1, 0.15) is 5.56 Å². The molecule has 0 N–H and O–H groups in total. The van der Waals surface area contributed by atoms with Gasteiger partial charge in [-0.25, -0.2) is 0 Å². The summed E-state index contributed by atoms with van der Waals surface area (Å²) in [6.45, 7) is 3.69. The molecule has 2 aromatic rings. The van der Waals surface area contributed by atoms with Gasteiger partial charge in [-0.15, -0.1) is 0 Å². The second-order valence-electron chi connectivity index (χ2n) is 3.28. The van der Waals surface area contributed by atoms with Crippen LogP contribution in [0.4, 0.5) is 0 Å². The van der Waals surface area contributed by atoms with Crippen molar-refractivity contribution in [2.45, 2.75) is 0 Å². The fraction of sp³-hybridized carbons (Fsp3) is 0.0833. The van der Waals surface area contributed by atoms with Crippen LogP contribution in [0.15, 0.2) is 41.8 Å². The molecule has 0 aliphatic carbocycles. The van der Waals surface area contributed by atoms with Gasteiger partial charge in [0.25, 0.3) is 5.56 Å². The Morgan fingerprint density at radius 2 is 2.14 bits per heavy atom. The van der Waals surface area contributed by atoms with Crippen LogP contribution < -0.4 is 5.56 Å². The van der Waals surface area contributed by atoms with E-state index in [1.807, 2.05) is 24.3 Å². The fourth-order valence-electron chi connectivity index (χ4n) is 1.49. The quantitative estimate of drug-likeness (QED) is 0.667. The molecule has 70 valence electrons. The topological polar surface area (TPSA) is 22.0 Å². The van der Waals surface area contributed by atoms with Crippen LogP contribution in [-0.4, -0.2) is 4.57 Å². The van der Waals surface area contributed by atoms with E-state index in [0.29, 0.717) is 0 Å². The number of hydrogen-bond donors (Lipinski definition) is 0. The van der Waals surface area contributed by atoms with E-state index in [1.54, 1.807) is 23.9 Å². The minimum atomic E-state index is 0.0399. The first-order valence-electron chi connectivity index (χ1n) is 4.44. The number of aryl methyl sites for hydroxylation is 1. The van der Waals surface area contributed by atoms with Crippen molar-refractivity contribution in [2.24, 2.45) is 7.05 Å². The maximum atomic E-state index is 11.7. The number of fused-ring (bicyclic) bond motifs is 1. The number of hydrogen-bond acceptors (Lipinski definition) is 1. The molecule has 0 saturated carbocycles. The fourth-order valence-corrected chi connectivity index (χ4v) is 1.49. The molecule has 0 unspecified atom stereocenters. The number of rotatable bonds is 1. The first-order chi connectivity index (χ1) is 6.72. The summed E-state index contributed by atoms with van der Waals surface area (Å²) >= 11 is 0.